The second-order valence-corrected chi connectivity index (χ2v) is 11.2. The van der Waals surface area contributed by atoms with Gasteiger partial charge in [-0.1, -0.05) is 36.3 Å². The lowest BCUT2D eigenvalue weighted by atomic mass is 9.82. The van der Waals surface area contributed by atoms with E-state index in [2.05, 4.69) is 26.4 Å². The fraction of sp³-hybridized carbons (Fsp3) is 0.481. The summed E-state index contributed by atoms with van der Waals surface area (Å²) < 4.78 is 20.4. The number of anilines is 1. The molecule has 1 aromatic heterocycles. The van der Waals surface area contributed by atoms with E-state index in [1.807, 2.05) is 6.92 Å². The average Bonchev–Trinajstić information content (AvgIpc) is 3.60. The van der Waals surface area contributed by atoms with Crippen molar-refractivity contribution in [3.05, 3.63) is 35.0 Å². The molecule has 2 aromatic rings. The molecule has 11 heteroatoms. The van der Waals surface area contributed by atoms with Crippen molar-refractivity contribution in [2.45, 2.75) is 37.6 Å². The highest BCUT2D eigenvalue weighted by molar-refractivity contribution is 7.14. The van der Waals surface area contributed by atoms with Gasteiger partial charge in [-0.25, -0.2) is 4.98 Å². The first-order valence-electron chi connectivity index (χ1n) is 12.8. The molecule has 4 aliphatic heterocycles. The third kappa shape index (κ3) is 4.08. The number of thiazole rings is 1. The summed E-state index contributed by atoms with van der Waals surface area (Å²) in [4.78, 5) is 47.2. The van der Waals surface area contributed by atoms with Gasteiger partial charge in [-0.3, -0.25) is 14.4 Å². The van der Waals surface area contributed by atoms with E-state index in [9.17, 15) is 18.8 Å². The maximum Gasteiger partial charge on any atom is 0.251 e. The number of hydrogen-bond donors (Lipinski definition) is 2. The number of benzene rings is 1. The Labute approximate surface area is 223 Å². The average molecular weight is 538 g/mol. The highest BCUT2D eigenvalue weighted by Crippen LogP contribution is 2.43. The van der Waals surface area contributed by atoms with Crippen molar-refractivity contribution in [3.63, 3.8) is 0 Å². The van der Waals surface area contributed by atoms with E-state index in [0.29, 0.717) is 22.7 Å². The van der Waals surface area contributed by atoms with E-state index in [-0.39, 0.29) is 47.0 Å². The van der Waals surface area contributed by atoms with Crippen LogP contribution in [0.2, 0.25) is 0 Å². The van der Waals surface area contributed by atoms with Crippen LogP contribution >= 0.6 is 11.3 Å². The van der Waals surface area contributed by atoms with Gasteiger partial charge in [0.15, 0.2) is 10.9 Å². The number of halogens is 1. The normalized spacial score (nSPS) is 30.7. The van der Waals surface area contributed by atoms with E-state index >= 15 is 0 Å². The van der Waals surface area contributed by atoms with Crippen molar-refractivity contribution in [1.82, 2.24) is 20.5 Å². The maximum absolute atomic E-state index is 14.7. The Morgan fingerprint density at radius 1 is 1.26 bits per heavy atom. The SMILES string of the molecule is C#CC1C2OCC(=O)C2N2C(=O)[C@@H](NC(=O)c3ccc(-c4nc(N5CCNCC5)sc4F)cc3)CC(C)C12. The van der Waals surface area contributed by atoms with Crippen molar-refractivity contribution in [2.75, 3.05) is 37.7 Å². The van der Waals surface area contributed by atoms with Crippen LogP contribution in [-0.2, 0) is 14.3 Å². The number of carbonyl (C=O) groups excluding carboxylic acids is 3. The first kappa shape index (κ1) is 25.0. The number of fused-ring (bicyclic) bond motifs is 3. The van der Waals surface area contributed by atoms with E-state index < -0.39 is 24.1 Å². The fourth-order valence-electron chi connectivity index (χ4n) is 6.20. The van der Waals surface area contributed by atoms with Crippen LogP contribution in [0.4, 0.5) is 9.52 Å². The number of nitrogens with zero attached hydrogens (tertiary/aromatic N) is 3. The summed E-state index contributed by atoms with van der Waals surface area (Å²) in [7, 11) is 0. The molecular weight excluding hydrogens is 509 g/mol. The molecule has 6 rings (SSSR count). The van der Waals surface area contributed by atoms with Gasteiger partial charge in [0, 0.05) is 37.3 Å². The lowest BCUT2D eigenvalue weighted by Crippen LogP contribution is -2.60. The van der Waals surface area contributed by atoms with Crippen molar-refractivity contribution < 1.29 is 23.5 Å². The zero-order valence-electron chi connectivity index (χ0n) is 20.9. The number of nitrogens with one attached hydrogen (secondary N) is 2. The number of ether oxygens (including phenoxy) is 1. The highest BCUT2D eigenvalue weighted by Gasteiger charge is 2.61. The molecule has 1 aromatic carbocycles. The second-order valence-electron chi connectivity index (χ2n) is 10.3. The maximum atomic E-state index is 14.7. The molecule has 0 aliphatic carbocycles. The molecule has 0 bridgehead atoms. The standard InChI is InChI=1S/C27H28FN5O4S/c1-3-17-21-14(2)12-18(26(36)33(21)22-19(34)13-37-23(17)22)30-25(35)16-6-4-15(5-7-16)20-24(28)38-27(31-20)32-10-8-29-9-11-32/h1,4-7,14,17-18,21-23,29H,8-13H2,2H3,(H,30,35)/t14?,17?,18-,21?,22?,23?/m0/s1. The Bertz CT molecular complexity index is 1320. The summed E-state index contributed by atoms with van der Waals surface area (Å²) in [6.07, 6.45) is 5.68. The number of rotatable bonds is 4. The molecule has 2 N–H and O–H groups in total. The van der Waals surface area contributed by atoms with Crippen LogP contribution in [0, 0.1) is 29.3 Å². The lowest BCUT2D eigenvalue weighted by molar-refractivity contribution is -0.145. The smallest absolute Gasteiger partial charge is 0.251 e. The lowest BCUT2D eigenvalue weighted by Gasteiger charge is -2.41. The molecular formula is C27H28FN5O4S. The molecule has 38 heavy (non-hydrogen) atoms. The topological polar surface area (TPSA) is 104 Å². The Balaban J connectivity index is 1.16. The van der Waals surface area contributed by atoms with E-state index in [4.69, 9.17) is 11.2 Å². The van der Waals surface area contributed by atoms with Crippen LogP contribution in [0.3, 0.4) is 0 Å². The van der Waals surface area contributed by atoms with Crippen LogP contribution in [0.15, 0.2) is 24.3 Å². The minimum absolute atomic E-state index is 0.0269. The molecule has 0 radical (unpaired) electrons. The summed E-state index contributed by atoms with van der Waals surface area (Å²) >= 11 is 1.02. The Kier molecular flexibility index (Phi) is 6.42. The number of Topliss-reactive ketones (excluding diaryl/α,β-unsaturated/α-hetero) is 1. The molecule has 2 amide bonds. The van der Waals surface area contributed by atoms with Crippen molar-refractivity contribution in [2.24, 2.45) is 11.8 Å². The first-order valence-corrected chi connectivity index (χ1v) is 13.6. The molecule has 6 atom stereocenters. The zero-order valence-corrected chi connectivity index (χ0v) is 21.7. The van der Waals surface area contributed by atoms with E-state index in [1.165, 1.54) is 0 Å². The van der Waals surface area contributed by atoms with Crippen LogP contribution < -0.4 is 15.5 Å². The fourth-order valence-corrected chi connectivity index (χ4v) is 7.07. The van der Waals surface area contributed by atoms with Gasteiger partial charge in [-0.15, -0.1) is 6.42 Å². The van der Waals surface area contributed by atoms with Crippen LogP contribution in [0.25, 0.3) is 11.3 Å². The van der Waals surface area contributed by atoms with Gasteiger partial charge in [0.05, 0.1) is 12.0 Å². The van der Waals surface area contributed by atoms with Crippen LogP contribution in [0.1, 0.15) is 23.7 Å². The highest BCUT2D eigenvalue weighted by atomic mass is 32.1. The van der Waals surface area contributed by atoms with Crippen molar-refractivity contribution in [1.29, 1.82) is 0 Å². The summed E-state index contributed by atoms with van der Waals surface area (Å²) in [6, 6.07) is 4.74. The van der Waals surface area contributed by atoms with E-state index in [1.54, 1.807) is 29.2 Å². The molecule has 9 nitrogen and oxygen atoms in total. The predicted molar refractivity (Wildman–Crippen MR) is 139 cm³/mol. The monoisotopic (exact) mass is 537 g/mol. The van der Waals surface area contributed by atoms with E-state index in [0.717, 1.165) is 37.5 Å². The number of terminal acetylenes is 1. The van der Waals surface area contributed by atoms with Gasteiger partial charge in [0.2, 0.25) is 11.0 Å². The molecule has 0 spiro atoms. The first-order chi connectivity index (χ1) is 18.4. The number of amides is 2. The molecule has 4 fully saturated rings. The van der Waals surface area contributed by atoms with Crippen molar-refractivity contribution >= 4 is 34.1 Å². The predicted octanol–water partition coefficient (Wildman–Crippen LogP) is 1.29. The van der Waals surface area contributed by atoms with Gasteiger partial charge < -0.3 is 25.2 Å². The van der Waals surface area contributed by atoms with Gasteiger partial charge in [0.1, 0.15) is 30.5 Å². The minimum atomic E-state index is -0.781. The van der Waals surface area contributed by atoms with Gasteiger partial charge in [-0.2, -0.15) is 4.39 Å². The molecule has 4 saturated heterocycles. The largest absolute Gasteiger partial charge is 0.366 e. The number of aromatic nitrogens is 1. The second kappa shape index (κ2) is 9.76. The third-order valence-electron chi connectivity index (χ3n) is 8.03. The van der Waals surface area contributed by atoms with Crippen LogP contribution in [-0.4, -0.2) is 84.5 Å². The van der Waals surface area contributed by atoms with Crippen molar-refractivity contribution in [3.8, 4) is 23.6 Å². The Morgan fingerprint density at radius 3 is 2.71 bits per heavy atom. The third-order valence-corrected chi connectivity index (χ3v) is 8.93. The zero-order chi connectivity index (χ0) is 26.6. The minimum Gasteiger partial charge on any atom is -0.366 e. The molecule has 0 saturated carbocycles. The number of carbonyl (C=O) groups is 3. The Hall–Kier alpha value is -3.33. The number of piperidine rings is 1. The van der Waals surface area contributed by atoms with Crippen LogP contribution in [0.5, 0.6) is 0 Å². The Morgan fingerprint density at radius 2 is 2.00 bits per heavy atom. The van der Waals surface area contributed by atoms with Gasteiger partial charge in [-0.05, 0) is 24.5 Å². The quantitative estimate of drug-likeness (QED) is 0.567. The number of piperazine rings is 1. The summed E-state index contributed by atoms with van der Waals surface area (Å²) in [5, 5.41) is 6.38. The van der Waals surface area contributed by atoms with Gasteiger partial charge in [0.25, 0.3) is 5.91 Å². The molecule has 4 aliphatic rings. The molecule has 5 heterocycles. The summed E-state index contributed by atoms with van der Waals surface area (Å²) in [6.45, 7) is 5.12. The van der Waals surface area contributed by atoms with Gasteiger partial charge >= 0.3 is 0 Å². The number of ketones is 1. The molecule has 198 valence electrons. The summed E-state index contributed by atoms with van der Waals surface area (Å²) in [5.74, 6) is 1.47. The summed E-state index contributed by atoms with van der Waals surface area (Å²) in [5.41, 5.74) is 1.17. The number of hydrogen-bond acceptors (Lipinski definition) is 8. The molecule has 5 unspecified atom stereocenters.